The highest BCUT2D eigenvalue weighted by Crippen LogP contribution is 2.19. The van der Waals surface area contributed by atoms with E-state index in [2.05, 4.69) is 33.6 Å². The van der Waals surface area contributed by atoms with E-state index in [9.17, 15) is 29.1 Å². The molecule has 1 heterocycles. The third kappa shape index (κ3) is 9.06. The molecule has 12 nitrogen and oxygen atoms in total. The minimum Gasteiger partial charge on any atom is -0.481 e. The summed E-state index contributed by atoms with van der Waals surface area (Å²) < 4.78 is 0. The molecule has 0 aliphatic heterocycles. The summed E-state index contributed by atoms with van der Waals surface area (Å²) in [5, 5.41) is 26.5. The van der Waals surface area contributed by atoms with Gasteiger partial charge in [0.2, 0.25) is 17.7 Å². The molecule has 2 rings (SSSR count). The number of aromatic nitrogens is 1. The molecule has 0 bridgehead atoms. The van der Waals surface area contributed by atoms with Crippen molar-refractivity contribution < 1.29 is 34.2 Å². The number of H-pyrrole nitrogens is 1. The Balaban J connectivity index is 2.13. The first kappa shape index (κ1) is 30.6. The van der Waals surface area contributed by atoms with Gasteiger partial charge in [-0.3, -0.25) is 19.2 Å². The molecule has 1 aromatic carbocycles. The van der Waals surface area contributed by atoms with E-state index in [1.54, 1.807) is 6.20 Å². The second-order valence-corrected chi connectivity index (χ2v) is 9.80. The lowest BCUT2D eigenvalue weighted by Crippen LogP contribution is -2.57. The molecule has 208 valence electrons. The van der Waals surface area contributed by atoms with Gasteiger partial charge in [0, 0.05) is 29.3 Å². The highest BCUT2D eigenvalue weighted by Gasteiger charge is 2.31. The number of fused-ring (bicyclic) bond motifs is 1. The maximum atomic E-state index is 13.1. The lowest BCUT2D eigenvalue weighted by atomic mass is 10.0. The standard InChI is InChI=1S/C25H35N5O7S/c1-13(2)9-19(29-22(33)16(26)10-14-11-27-17-6-4-3-5-15(14)17)24(35)28-18(7-8-21(31)32)23(34)30-20(12-38)25(36)37/h3-6,11,13,16,18-20,27,38H,7-10,12,26H2,1-2H3,(H,28,35)(H,29,33)(H,30,34)(H,31,32)(H,36,37). The summed E-state index contributed by atoms with van der Waals surface area (Å²) in [6.07, 6.45) is 1.48. The van der Waals surface area contributed by atoms with Gasteiger partial charge in [-0.2, -0.15) is 12.6 Å². The number of carbonyl (C=O) groups excluding carboxylic acids is 3. The quantitative estimate of drug-likeness (QED) is 0.146. The largest absolute Gasteiger partial charge is 0.481 e. The minimum absolute atomic E-state index is 0.0252. The molecule has 13 heteroatoms. The number of hydrogen-bond donors (Lipinski definition) is 8. The van der Waals surface area contributed by atoms with Crippen molar-refractivity contribution in [3.8, 4) is 0 Å². The number of benzene rings is 1. The van der Waals surface area contributed by atoms with E-state index in [0.29, 0.717) is 0 Å². The number of amides is 3. The van der Waals surface area contributed by atoms with Gasteiger partial charge in [-0.15, -0.1) is 0 Å². The molecule has 38 heavy (non-hydrogen) atoms. The lowest BCUT2D eigenvalue weighted by molar-refractivity contribution is -0.142. The second kappa shape index (κ2) is 14.4. The van der Waals surface area contributed by atoms with Crippen molar-refractivity contribution in [3.63, 3.8) is 0 Å². The van der Waals surface area contributed by atoms with E-state index in [0.717, 1.165) is 16.5 Å². The smallest absolute Gasteiger partial charge is 0.327 e. The molecule has 4 unspecified atom stereocenters. The number of nitrogens with one attached hydrogen (secondary N) is 4. The topological polar surface area (TPSA) is 204 Å². The van der Waals surface area contributed by atoms with Gasteiger partial charge >= 0.3 is 11.9 Å². The van der Waals surface area contributed by atoms with Crippen LogP contribution in [0.15, 0.2) is 30.5 Å². The first-order valence-corrected chi connectivity index (χ1v) is 12.8. The normalized spacial score (nSPS) is 14.3. The average Bonchev–Trinajstić information content (AvgIpc) is 3.26. The van der Waals surface area contributed by atoms with Crippen molar-refractivity contribution in [2.45, 2.75) is 63.7 Å². The van der Waals surface area contributed by atoms with Crippen LogP contribution in [0.3, 0.4) is 0 Å². The monoisotopic (exact) mass is 549 g/mol. The van der Waals surface area contributed by atoms with E-state index < -0.39 is 60.2 Å². The van der Waals surface area contributed by atoms with Crippen molar-refractivity contribution in [2.24, 2.45) is 11.7 Å². The van der Waals surface area contributed by atoms with Gasteiger partial charge in [0.15, 0.2) is 0 Å². The fraction of sp³-hybridized carbons (Fsp3) is 0.480. The number of carboxylic acids is 2. The van der Waals surface area contributed by atoms with Crippen LogP contribution in [0, 0.1) is 5.92 Å². The number of aromatic amines is 1. The summed E-state index contributed by atoms with van der Waals surface area (Å²) in [6, 6.07) is 2.88. The number of rotatable bonds is 15. The van der Waals surface area contributed by atoms with Gasteiger partial charge in [0.1, 0.15) is 18.1 Å². The zero-order valence-electron chi connectivity index (χ0n) is 21.3. The Kier molecular flexibility index (Phi) is 11.6. The fourth-order valence-corrected chi connectivity index (χ4v) is 4.13. The highest BCUT2D eigenvalue weighted by molar-refractivity contribution is 7.80. The zero-order chi connectivity index (χ0) is 28.4. The molecule has 0 saturated heterocycles. The van der Waals surface area contributed by atoms with E-state index in [1.807, 2.05) is 38.1 Å². The molecule has 0 saturated carbocycles. The highest BCUT2D eigenvalue weighted by atomic mass is 32.1. The van der Waals surface area contributed by atoms with Gasteiger partial charge in [0.25, 0.3) is 0 Å². The molecule has 0 spiro atoms. The van der Waals surface area contributed by atoms with Gasteiger partial charge in [-0.1, -0.05) is 32.0 Å². The molecule has 0 aliphatic rings. The fourth-order valence-electron chi connectivity index (χ4n) is 3.88. The van der Waals surface area contributed by atoms with Gasteiger partial charge < -0.3 is 36.9 Å². The van der Waals surface area contributed by atoms with Crippen molar-refractivity contribution in [2.75, 3.05) is 5.75 Å². The summed E-state index contributed by atoms with van der Waals surface area (Å²) in [7, 11) is 0. The summed E-state index contributed by atoms with van der Waals surface area (Å²) >= 11 is 3.89. The maximum absolute atomic E-state index is 13.1. The predicted octanol–water partition coefficient (Wildman–Crippen LogP) is 0.417. The lowest BCUT2D eigenvalue weighted by Gasteiger charge is -2.25. The van der Waals surface area contributed by atoms with Crippen LogP contribution in [-0.2, 0) is 30.4 Å². The van der Waals surface area contributed by atoms with E-state index >= 15 is 0 Å². The Morgan fingerprint density at radius 2 is 1.55 bits per heavy atom. The Morgan fingerprint density at radius 3 is 2.16 bits per heavy atom. The van der Waals surface area contributed by atoms with Crippen molar-refractivity contribution in [1.29, 1.82) is 0 Å². The number of nitrogens with two attached hydrogens (primary N) is 1. The van der Waals surface area contributed by atoms with Gasteiger partial charge in [-0.05, 0) is 36.8 Å². The van der Waals surface area contributed by atoms with Crippen LogP contribution in [0.4, 0.5) is 0 Å². The molecular weight excluding hydrogens is 514 g/mol. The third-order valence-electron chi connectivity index (χ3n) is 5.87. The zero-order valence-corrected chi connectivity index (χ0v) is 22.2. The summed E-state index contributed by atoms with van der Waals surface area (Å²) in [6.45, 7) is 3.69. The van der Waals surface area contributed by atoms with Gasteiger partial charge in [0.05, 0.1) is 6.04 Å². The minimum atomic E-state index is -1.34. The van der Waals surface area contributed by atoms with Crippen LogP contribution in [0.25, 0.3) is 10.9 Å². The Morgan fingerprint density at radius 1 is 0.947 bits per heavy atom. The first-order chi connectivity index (χ1) is 17.9. The van der Waals surface area contributed by atoms with Crippen molar-refractivity contribution in [1.82, 2.24) is 20.9 Å². The molecule has 8 N–H and O–H groups in total. The van der Waals surface area contributed by atoms with Crippen LogP contribution in [0.1, 0.15) is 38.7 Å². The Bertz CT molecular complexity index is 1150. The van der Waals surface area contributed by atoms with E-state index in [1.165, 1.54) is 0 Å². The molecule has 1 aromatic heterocycles. The van der Waals surface area contributed by atoms with E-state index in [-0.39, 0.29) is 30.9 Å². The SMILES string of the molecule is CC(C)CC(NC(=O)C(N)Cc1c[nH]c2ccccc12)C(=O)NC(CCC(=O)O)C(=O)NC(CS)C(=O)O. The molecule has 3 amide bonds. The summed E-state index contributed by atoms with van der Waals surface area (Å²) in [4.78, 5) is 64.3. The Labute approximate surface area is 225 Å². The van der Waals surface area contributed by atoms with Crippen LogP contribution in [-0.4, -0.2) is 74.8 Å². The molecule has 4 atom stereocenters. The molecule has 0 radical (unpaired) electrons. The first-order valence-electron chi connectivity index (χ1n) is 12.2. The van der Waals surface area contributed by atoms with Crippen LogP contribution in [0.5, 0.6) is 0 Å². The summed E-state index contributed by atoms with van der Waals surface area (Å²) in [5.74, 6) is -4.91. The number of para-hydroxylation sites is 1. The van der Waals surface area contributed by atoms with Crippen molar-refractivity contribution >= 4 is 53.2 Å². The molecular formula is C25H35N5O7S. The van der Waals surface area contributed by atoms with Crippen molar-refractivity contribution in [3.05, 3.63) is 36.0 Å². The summed E-state index contributed by atoms with van der Waals surface area (Å²) in [5.41, 5.74) is 7.90. The number of carbonyl (C=O) groups is 5. The van der Waals surface area contributed by atoms with Gasteiger partial charge in [-0.25, -0.2) is 4.79 Å². The molecule has 0 fully saturated rings. The van der Waals surface area contributed by atoms with Crippen LogP contribution >= 0.6 is 12.6 Å². The number of thiol groups is 1. The molecule has 0 aliphatic carbocycles. The number of carboxylic acid groups (broad SMARTS) is 2. The Hall–Kier alpha value is -3.58. The van der Waals surface area contributed by atoms with E-state index in [4.69, 9.17) is 10.8 Å². The average molecular weight is 550 g/mol. The second-order valence-electron chi connectivity index (χ2n) is 9.44. The third-order valence-corrected chi connectivity index (χ3v) is 6.23. The number of hydrogen-bond acceptors (Lipinski definition) is 7. The van der Waals surface area contributed by atoms with Crippen LogP contribution < -0.4 is 21.7 Å². The maximum Gasteiger partial charge on any atom is 0.327 e. The number of aliphatic carboxylic acids is 2. The molecule has 2 aromatic rings. The van der Waals surface area contributed by atoms with Crippen LogP contribution in [0.2, 0.25) is 0 Å². The predicted molar refractivity (Wildman–Crippen MR) is 144 cm³/mol.